The molecule has 0 amide bonds. The Morgan fingerprint density at radius 2 is 1.82 bits per heavy atom. The molecule has 0 bridgehead atoms. The van der Waals surface area contributed by atoms with Crippen LogP contribution in [0, 0.1) is 11.3 Å². The minimum absolute atomic E-state index is 0.186. The summed E-state index contributed by atoms with van der Waals surface area (Å²) in [5, 5.41) is 8.83. The smallest absolute Gasteiger partial charge is 0.337 e. The van der Waals surface area contributed by atoms with Gasteiger partial charge in [-0.05, 0) is 35.9 Å². The van der Waals surface area contributed by atoms with E-state index in [9.17, 15) is 9.59 Å². The van der Waals surface area contributed by atoms with Crippen LogP contribution >= 0.6 is 0 Å². The molecule has 0 heterocycles. The van der Waals surface area contributed by atoms with Gasteiger partial charge in [0.05, 0.1) is 24.3 Å². The highest BCUT2D eigenvalue weighted by atomic mass is 16.5. The van der Waals surface area contributed by atoms with Gasteiger partial charge in [-0.15, -0.1) is 0 Å². The topological polar surface area (TPSA) is 67.2 Å². The molecule has 2 aromatic rings. The first-order valence-corrected chi connectivity index (χ1v) is 6.55. The number of ether oxygens (including phenoxy) is 1. The Bertz CT molecular complexity index is 768. The van der Waals surface area contributed by atoms with Crippen molar-refractivity contribution in [2.75, 3.05) is 7.11 Å². The van der Waals surface area contributed by atoms with E-state index in [1.807, 2.05) is 6.07 Å². The molecule has 0 aliphatic heterocycles. The van der Waals surface area contributed by atoms with Gasteiger partial charge in [-0.3, -0.25) is 4.79 Å². The van der Waals surface area contributed by atoms with E-state index in [4.69, 9.17) is 5.26 Å². The Kier molecular flexibility index (Phi) is 4.84. The van der Waals surface area contributed by atoms with Crippen LogP contribution in [0.1, 0.15) is 31.8 Å². The first-order chi connectivity index (χ1) is 10.6. The molecule has 2 aromatic carbocycles. The van der Waals surface area contributed by atoms with Gasteiger partial charge >= 0.3 is 5.97 Å². The van der Waals surface area contributed by atoms with Crippen molar-refractivity contribution in [2.45, 2.75) is 0 Å². The van der Waals surface area contributed by atoms with Crippen molar-refractivity contribution < 1.29 is 14.3 Å². The predicted molar refractivity (Wildman–Crippen MR) is 82.3 cm³/mol. The second kappa shape index (κ2) is 7.00. The molecule has 2 rings (SSSR count). The number of allylic oxidation sites excluding steroid dienone is 1. The third-order valence-electron chi connectivity index (χ3n) is 3.04. The number of ketones is 1. The quantitative estimate of drug-likeness (QED) is 0.492. The van der Waals surface area contributed by atoms with E-state index < -0.39 is 5.97 Å². The lowest BCUT2D eigenvalue weighted by molar-refractivity contribution is 0.0600. The molecule has 0 saturated heterocycles. The fourth-order valence-electron chi connectivity index (χ4n) is 1.86. The molecule has 22 heavy (non-hydrogen) atoms. The lowest BCUT2D eigenvalue weighted by atomic mass is 10.1. The maximum Gasteiger partial charge on any atom is 0.337 e. The van der Waals surface area contributed by atoms with Gasteiger partial charge in [-0.25, -0.2) is 4.79 Å². The van der Waals surface area contributed by atoms with Crippen LogP contribution in [-0.4, -0.2) is 18.9 Å². The SMILES string of the molecule is COC(=O)c1ccc(/C=C/C(=O)c2cccc(C#N)c2)cc1. The van der Waals surface area contributed by atoms with Crippen LogP contribution in [0.2, 0.25) is 0 Å². The number of nitriles is 1. The Labute approximate surface area is 128 Å². The van der Waals surface area contributed by atoms with Gasteiger partial charge in [-0.1, -0.05) is 30.3 Å². The van der Waals surface area contributed by atoms with Crippen molar-refractivity contribution in [1.29, 1.82) is 5.26 Å². The molecule has 4 nitrogen and oxygen atoms in total. The average molecular weight is 291 g/mol. The Morgan fingerprint density at radius 1 is 1.09 bits per heavy atom. The second-order valence-corrected chi connectivity index (χ2v) is 4.50. The average Bonchev–Trinajstić information content (AvgIpc) is 2.59. The third kappa shape index (κ3) is 3.68. The van der Waals surface area contributed by atoms with Crippen LogP contribution in [0.4, 0.5) is 0 Å². The summed E-state index contributed by atoms with van der Waals surface area (Å²) >= 11 is 0. The van der Waals surface area contributed by atoms with Crippen molar-refractivity contribution in [1.82, 2.24) is 0 Å². The number of esters is 1. The normalized spacial score (nSPS) is 10.2. The van der Waals surface area contributed by atoms with Crippen LogP contribution < -0.4 is 0 Å². The molecule has 0 N–H and O–H groups in total. The minimum Gasteiger partial charge on any atom is -0.465 e. The van der Waals surface area contributed by atoms with Crippen LogP contribution in [0.5, 0.6) is 0 Å². The second-order valence-electron chi connectivity index (χ2n) is 4.50. The van der Waals surface area contributed by atoms with Gasteiger partial charge in [0.15, 0.2) is 5.78 Å². The Morgan fingerprint density at radius 3 is 2.45 bits per heavy atom. The van der Waals surface area contributed by atoms with E-state index in [0.29, 0.717) is 16.7 Å². The zero-order valence-electron chi connectivity index (χ0n) is 11.9. The molecule has 0 aliphatic carbocycles. The van der Waals surface area contributed by atoms with Gasteiger partial charge in [0.2, 0.25) is 0 Å². The first-order valence-electron chi connectivity index (χ1n) is 6.55. The van der Waals surface area contributed by atoms with Crippen molar-refractivity contribution in [3.05, 3.63) is 76.9 Å². The summed E-state index contributed by atoms with van der Waals surface area (Å²) in [5.74, 6) is -0.589. The summed E-state index contributed by atoms with van der Waals surface area (Å²) in [6.45, 7) is 0. The lowest BCUT2D eigenvalue weighted by Crippen LogP contribution is -2.00. The van der Waals surface area contributed by atoms with E-state index >= 15 is 0 Å². The summed E-state index contributed by atoms with van der Waals surface area (Å²) in [5.41, 5.74) is 2.15. The molecule has 0 aliphatic rings. The molecule has 0 saturated carbocycles. The molecule has 0 spiro atoms. The largest absolute Gasteiger partial charge is 0.465 e. The number of rotatable bonds is 4. The summed E-state index contributed by atoms with van der Waals surface area (Å²) in [6, 6.07) is 15.2. The highest BCUT2D eigenvalue weighted by Gasteiger charge is 2.04. The van der Waals surface area contributed by atoms with E-state index in [0.717, 1.165) is 5.56 Å². The van der Waals surface area contributed by atoms with Gasteiger partial charge in [0.1, 0.15) is 0 Å². The van der Waals surface area contributed by atoms with Crippen LogP contribution in [-0.2, 0) is 4.74 Å². The summed E-state index contributed by atoms with van der Waals surface area (Å²) in [7, 11) is 1.32. The predicted octanol–water partition coefficient (Wildman–Crippen LogP) is 3.24. The molecule has 0 aromatic heterocycles. The van der Waals surface area contributed by atoms with E-state index in [2.05, 4.69) is 4.74 Å². The number of carbonyl (C=O) groups is 2. The van der Waals surface area contributed by atoms with Crippen molar-refractivity contribution in [3.8, 4) is 6.07 Å². The lowest BCUT2D eigenvalue weighted by Gasteiger charge is -1.99. The van der Waals surface area contributed by atoms with Gasteiger partial charge in [0, 0.05) is 5.56 Å². The molecule has 0 radical (unpaired) electrons. The fraction of sp³-hybridized carbons (Fsp3) is 0.0556. The minimum atomic E-state index is -0.403. The summed E-state index contributed by atoms with van der Waals surface area (Å²) < 4.78 is 4.62. The molecule has 0 fully saturated rings. The van der Waals surface area contributed by atoms with E-state index in [1.165, 1.54) is 13.2 Å². The van der Waals surface area contributed by atoms with Crippen LogP contribution in [0.3, 0.4) is 0 Å². The summed E-state index contributed by atoms with van der Waals surface area (Å²) in [4.78, 5) is 23.4. The Balaban J connectivity index is 2.12. The molecule has 108 valence electrons. The highest BCUT2D eigenvalue weighted by molar-refractivity contribution is 6.07. The number of methoxy groups -OCH3 is 1. The number of hydrogen-bond acceptors (Lipinski definition) is 4. The summed E-state index contributed by atoms with van der Waals surface area (Å²) in [6.07, 6.45) is 3.09. The Hall–Kier alpha value is -3.19. The zero-order chi connectivity index (χ0) is 15.9. The fourth-order valence-corrected chi connectivity index (χ4v) is 1.86. The number of nitrogens with zero attached hydrogens (tertiary/aromatic N) is 1. The zero-order valence-corrected chi connectivity index (χ0v) is 11.9. The molecule has 0 atom stereocenters. The van der Waals surface area contributed by atoms with E-state index in [-0.39, 0.29) is 5.78 Å². The van der Waals surface area contributed by atoms with Gasteiger partial charge in [0.25, 0.3) is 0 Å². The standard InChI is InChI=1S/C18H13NO3/c1-22-18(21)15-8-5-13(6-9-15)7-10-17(20)16-4-2-3-14(11-16)12-19/h2-11H,1H3/b10-7+. The highest BCUT2D eigenvalue weighted by Crippen LogP contribution is 2.10. The van der Waals surface area contributed by atoms with Crippen molar-refractivity contribution in [3.63, 3.8) is 0 Å². The van der Waals surface area contributed by atoms with Crippen molar-refractivity contribution >= 4 is 17.8 Å². The maximum absolute atomic E-state index is 12.0. The van der Waals surface area contributed by atoms with E-state index in [1.54, 1.807) is 54.6 Å². The molecule has 0 unspecified atom stereocenters. The van der Waals surface area contributed by atoms with Crippen LogP contribution in [0.25, 0.3) is 6.08 Å². The molecular weight excluding hydrogens is 278 g/mol. The number of benzene rings is 2. The molecule has 4 heteroatoms. The van der Waals surface area contributed by atoms with Crippen molar-refractivity contribution in [2.24, 2.45) is 0 Å². The first kappa shape index (κ1) is 15.2. The number of hydrogen-bond donors (Lipinski definition) is 0. The van der Waals surface area contributed by atoms with Gasteiger partial charge < -0.3 is 4.74 Å². The molecular formula is C18H13NO3. The van der Waals surface area contributed by atoms with Crippen LogP contribution in [0.15, 0.2) is 54.6 Å². The maximum atomic E-state index is 12.0. The third-order valence-corrected chi connectivity index (χ3v) is 3.04. The van der Waals surface area contributed by atoms with Gasteiger partial charge in [-0.2, -0.15) is 5.26 Å². The number of carbonyl (C=O) groups excluding carboxylic acids is 2. The monoisotopic (exact) mass is 291 g/mol.